The summed E-state index contributed by atoms with van der Waals surface area (Å²) in [5.41, 5.74) is 0.339. The zero-order valence-electron chi connectivity index (χ0n) is 9.82. The van der Waals surface area contributed by atoms with Gasteiger partial charge in [0.1, 0.15) is 0 Å². The molecule has 0 unspecified atom stereocenters. The third-order valence-electron chi connectivity index (χ3n) is 4.05. The van der Waals surface area contributed by atoms with Gasteiger partial charge in [0.05, 0.1) is 0 Å². The van der Waals surface area contributed by atoms with Gasteiger partial charge < -0.3 is 5.11 Å². The summed E-state index contributed by atoms with van der Waals surface area (Å²) in [5.74, 6) is -0.0398. The molecule has 2 atom stereocenters. The van der Waals surface area contributed by atoms with E-state index in [1.165, 1.54) is 38.5 Å². The van der Waals surface area contributed by atoms with E-state index < -0.39 is 5.97 Å². The van der Waals surface area contributed by atoms with Crippen LogP contribution in [-0.2, 0) is 4.79 Å². The van der Waals surface area contributed by atoms with Gasteiger partial charge in [0.25, 0.3) is 0 Å². The first-order valence-electron chi connectivity index (χ1n) is 6.33. The lowest BCUT2D eigenvalue weighted by atomic mass is 9.78. The largest absolute Gasteiger partial charge is 0.478 e. The van der Waals surface area contributed by atoms with Gasteiger partial charge in [-0.2, -0.15) is 0 Å². The summed E-state index contributed by atoms with van der Waals surface area (Å²) in [6, 6.07) is 0.624. The van der Waals surface area contributed by atoms with Gasteiger partial charge >= 0.3 is 5.97 Å². The van der Waals surface area contributed by atoms with E-state index in [0.717, 1.165) is 12.5 Å². The Morgan fingerprint density at radius 3 is 2.69 bits per heavy atom. The fourth-order valence-corrected chi connectivity index (χ4v) is 3.24. The SMILES string of the molecule is C=C(CN1CCC[C@H]2CCCC[C@H]21)C(=O)O. The lowest BCUT2D eigenvalue weighted by Gasteiger charge is -2.44. The van der Waals surface area contributed by atoms with Crippen LogP contribution >= 0.6 is 0 Å². The summed E-state index contributed by atoms with van der Waals surface area (Å²) in [6.45, 7) is 5.25. The summed E-state index contributed by atoms with van der Waals surface area (Å²) in [5, 5.41) is 8.88. The Kier molecular flexibility index (Phi) is 3.64. The average molecular weight is 223 g/mol. The molecule has 1 aliphatic carbocycles. The summed E-state index contributed by atoms with van der Waals surface area (Å²) in [7, 11) is 0. The monoisotopic (exact) mass is 223 g/mol. The summed E-state index contributed by atoms with van der Waals surface area (Å²) < 4.78 is 0. The van der Waals surface area contributed by atoms with Crippen LogP contribution in [-0.4, -0.2) is 35.1 Å². The fourth-order valence-electron chi connectivity index (χ4n) is 3.24. The van der Waals surface area contributed by atoms with Crippen molar-refractivity contribution >= 4 is 5.97 Å². The number of hydrogen-bond acceptors (Lipinski definition) is 2. The van der Waals surface area contributed by atoms with Gasteiger partial charge in [-0.3, -0.25) is 4.90 Å². The van der Waals surface area contributed by atoms with Crippen LogP contribution in [0.1, 0.15) is 38.5 Å². The molecule has 2 fully saturated rings. The number of hydrogen-bond donors (Lipinski definition) is 1. The third-order valence-corrected chi connectivity index (χ3v) is 4.05. The van der Waals surface area contributed by atoms with Crippen molar-refractivity contribution < 1.29 is 9.90 Å². The molecule has 0 bridgehead atoms. The molecular formula is C13H21NO2. The molecule has 0 aromatic carbocycles. The molecule has 2 rings (SSSR count). The van der Waals surface area contributed by atoms with Crippen LogP contribution in [0.5, 0.6) is 0 Å². The number of carboxylic acid groups (broad SMARTS) is 1. The molecule has 1 aliphatic heterocycles. The van der Waals surface area contributed by atoms with Crippen molar-refractivity contribution in [3.8, 4) is 0 Å². The van der Waals surface area contributed by atoms with Gasteiger partial charge in [0.2, 0.25) is 0 Å². The number of piperidine rings is 1. The van der Waals surface area contributed by atoms with E-state index in [4.69, 9.17) is 5.11 Å². The highest BCUT2D eigenvalue weighted by Crippen LogP contribution is 2.35. The van der Waals surface area contributed by atoms with E-state index in [-0.39, 0.29) is 0 Å². The van der Waals surface area contributed by atoms with Gasteiger partial charge in [-0.15, -0.1) is 0 Å². The summed E-state index contributed by atoms with van der Waals surface area (Å²) >= 11 is 0. The van der Waals surface area contributed by atoms with Crippen molar-refractivity contribution in [1.29, 1.82) is 0 Å². The van der Waals surface area contributed by atoms with Gasteiger partial charge in [-0.25, -0.2) is 4.79 Å². The molecule has 3 nitrogen and oxygen atoms in total. The Hall–Kier alpha value is -0.830. The number of rotatable bonds is 3. The van der Waals surface area contributed by atoms with Gasteiger partial charge in [0, 0.05) is 18.2 Å². The standard InChI is InChI=1S/C13H21NO2/c1-10(13(15)16)9-14-8-4-6-11-5-2-3-7-12(11)14/h11-12H,1-9H2,(H,15,16)/t11-,12-/m1/s1. The number of carboxylic acids is 1. The predicted molar refractivity (Wildman–Crippen MR) is 63.3 cm³/mol. The van der Waals surface area contributed by atoms with Crippen LogP contribution in [0, 0.1) is 5.92 Å². The van der Waals surface area contributed by atoms with Crippen molar-refractivity contribution in [1.82, 2.24) is 4.90 Å². The summed E-state index contributed by atoms with van der Waals surface area (Å²) in [6.07, 6.45) is 7.79. The molecule has 1 heterocycles. The number of nitrogens with zero attached hydrogens (tertiary/aromatic N) is 1. The molecular weight excluding hydrogens is 202 g/mol. The Morgan fingerprint density at radius 2 is 1.94 bits per heavy atom. The molecule has 16 heavy (non-hydrogen) atoms. The molecule has 1 saturated heterocycles. The Labute approximate surface area is 97.1 Å². The van der Waals surface area contributed by atoms with Crippen molar-refractivity contribution in [2.24, 2.45) is 5.92 Å². The minimum absolute atomic E-state index is 0.339. The second kappa shape index (κ2) is 5.00. The molecule has 1 saturated carbocycles. The quantitative estimate of drug-likeness (QED) is 0.746. The van der Waals surface area contributed by atoms with Crippen LogP contribution in [0.4, 0.5) is 0 Å². The van der Waals surface area contributed by atoms with E-state index >= 15 is 0 Å². The zero-order valence-corrected chi connectivity index (χ0v) is 9.82. The molecule has 1 N–H and O–H groups in total. The highest BCUT2D eigenvalue weighted by Gasteiger charge is 2.33. The zero-order chi connectivity index (χ0) is 11.5. The molecule has 0 aromatic heterocycles. The number of likely N-dealkylation sites (tertiary alicyclic amines) is 1. The topological polar surface area (TPSA) is 40.5 Å². The van der Waals surface area contributed by atoms with Crippen LogP contribution in [0.15, 0.2) is 12.2 Å². The van der Waals surface area contributed by atoms with Crippen molar-refractivity contribution in [3.05, 3.63) is 12.2 Å². The van der Waals surface area contributed by atoms with Crippen molar-refractivity contribution in [2.75, 3.05) is 13.1 Å². The first kappa shape index (κ1) is 11.6. The van der Waals surface area contributed by atoms with Gasteiger partial charge in [-0.1, -0.05) is 19.4 Å². The molecule has 3 heteroatoms. The molecule has 0 aromatic rings. The first-order valence-corrected chi connectivity index (χ1v) is 6.33. The smallest absolute Gasteiger partial charge is 0.332 e. The molecule has 0 spiro atoms. The van der Waals surface area contributed by atoms with Gasteiger partial charge in [0.15, 0.2) is 0 Å². The van der Waals surface area contributed by atoms with Crippen molar-refractivity contribution in [2.45, 2.75) is 44.6 Å². The minimum atomic E-state index is -0.849. The van der Waals surface area contributed by atoms with E-state index in [2.05, 4.69) is 11.5 Å². The molecule has 0 amide bonds. The predicted octanol–water partition coefficient (Wildman–Crippen LogP) is 2.28. The number of carbonyl (C=O) groups is 1. The maximum atomic E-state index is 10.8. The van der Waals surface area contributed by atoms with Crippen LogP contribution < -0.4 is 0 Å². The van der Waals surface area contributed by atoms with E-state index in [9.17, 15) is 4.79 Å². The summed E-state index contributed by atoms with van der Waals surface area (Å²) in [4.78, 5) is 13.2. The highest BCUT2D eigenvalue weighted by atomic mass is 16.4. The number of aliphatic carboxylic acids is 1. The normalized spacial score (nSPS) is 30.8. The third kappa shape index (κ3) is 2.46. The lowest BCUT2D eigenvalue weighted by Crippen LogP contribution is -2.47. The van der Waals surface area contributed by atoms with E-state index in [1.54, 1.807) is 0 Å². The fraction of sp³-hybridized carbons (Fsp3) is 0.769. The second-order valence-corrected chi connectivity index (χ2v) is 5.13. The Balaban J connectivity index is 1.97. The minimum Gasteiger partial charge on any atom is -0.478 e. The number of fused-ring (bicyclic) bond motifs is 1. The second-order valence-electron chi connectivity index (χ2n) is 5.13. The first-order chi connectivity index (χ1) is 7.68. The maximum absolute atomic E-state index is 10.8. The van der Waals surface area contributed by atoms with Crippen LogP contribution in [0.3, 0.4) is 0 Å². The lowest BCUT2D eigenvalue weighted by molar-refractivity contribution is -0.133. The Morgan fingerprint density at radius 1 is 1.25 bits per heavy atom. The molecule has 2 aliphatic rings. The molecule has 90 valence electrons. The van der Waals surface area contributed by atoms with E-state index in [1.807, 2.05) is 0 Å². The maximum Gasteiger partial charge on any atom is 0.332 e. The van der Waals surface area contributed by atoms with E-state index in [0.29, 0.717) is 18.2 Å². The molecule has 0 radical (unpaired) electrons. The average Bonchev–Trinajstić information content (AvgIpc) is 2.29. The highest BCUT2D eigenvalue weighted by molar-refractivity contribution is 5.86. The van der Waals surface area contributed by atoms with Crippen molar-refractivity contribution in [3.63, 3.8) is 0 Å². The van der Waals surface area contributed by atoms with Crippen LogP contribution in [0.25, 0.3) is 0 Å². The van der Waals surface area contributed by atoms with Crippen LogP contribution in [0.2, 0.25) is 0 Å². The van der Waals surface area contributed by atoms with Gasteiger partial charge in [-0.05, 0) is 38.1 Å². The Bertz CT molecular complexity index is 286.